The number of aliphatic hydroxyl groups excluding tert-OH is 1. The van der Waals surface area contributed by atoms with E-state index in [9.17, 15) is 29.4 Å². The second kappa shape index (κ2) is 10.5. The topological polar surface area (TPSA) is 191 Å². The van der Waals surface area contributed by atoms with Crippen molar-refractivity contribution in [1.29, 1.82) is 0 Å². The van der Waals surface area contributed by atoms with Gasteiger partial charge in [-0.3, -0.25) is 23.9 Å². The molecule has 12 heteroatoms. The molecule has 1 aromatic rings. The molecule has 1 aliphatic rings. The van der Waals surface area contributed by atoms with E-state index in [0.717, 1.165) is 4.57 Å². The lowest BCUT2D eigenvalue weighted by Crippen LogP contribution is -2.60. The monoisotopic (exact) mass is 530 g/mol. The third-order valence-corrected chi connectivity index (χ3v) is 6.15. The highest BCUT2D eigenvalue weighted by Crippen LogP contribution is 2.40. The molecule has 11 nitrogen and oxygen atoms in total. The van der Waals surface area contributed by atoms with Gasteiger partial charge in [0.25, 0.3) is 5.56 Å². The van der Waals surface area contributed by atoms with Gasteiger partial charge in [0.1, 0.15) is 18.4 Å². The quantitative estimate of drug-likeness (QED) is 0.277. The summed E-state index contributed by atoms with van der Waals surface area (Å²) in [4.78, 5) is 53.9. The molecule has 0 saturated carbocycles. The first-order valence-corrected chi connectivity index (χ1v) is 11.4. The second-order valence-corrected chi connectivity index (χ2v) is 9.46. The van der Waals surface area contributed by atoms with Gasteiger partial charge < -0.3 is 26.4 Å². The Balaban J connectivity index is 2.57. The number of carbonyl (C=O) groups is 2. The molecule has 184 valence electrons. The van der Waals surface area contributed by atoms with Gasteiger partial charge in [-0.25, -0.2) is 4.79 Å². The number of hydrogen-bond donors (Lipinski definition) is 5. The van der Waals surface area contributed by atoms with Crippen molar-refractivity contribution in [2.75, 3.05) is 0 Å². The van der Waals surface area contributed by atoms with Crippen LogP contribution in [0.4, 0.5) is 0 Å². The number of nitrogens with two attached hydrogens (primary N) is 2. The van der Waals surface area contributed by atoms with Crippen LogP contribution in [-0.2, 0) is 14.3 Å². The van der Waals surface area contributed by atoms with Gasteiger partial charge in [-0.1, -0.05) is 43.6 Å². The summed E-state index contributed by atoms with van der Waals surface area (Å²) in [6.07, 6.45) is -2.89. The summed E-state index contributed by atoms with van der Waals surface area (Å²) >= 11 is 3.05. The molecule has 0 spiro atoms. The zero-order valence-electron chi connectivity index (χ0n) is 18.9. The van der Waals surface area contributed by atoms with E-state index >= 15 is 0 Å². The summed E-state index contributed by atoms with van der Waals surface area (Å²) < 4.78 is 6.71. The Hall–Kier alpha value is -1.96. The number of aromatic nitrogens is 2. The zero-order valence-corrected chi connectivity index (χ0v) is 20.5. The molecule has 0 amide bonds. The molecule has 0 aromatic carbocycles. The Bertz CT molecular complexity index is 1030. The number of aromatic amines is 1. The molecule has 0 aliphatic carbocycles. The summed E-state index contributed by atoms with van der Waals surface area (Å²) in [5.41, 5.74) is 8.04. The fraction of sp³-hybridized carbons (Fsp3) is 0.619. The van der Waals surface area contributed by atoms with Crippen LogP contribution in [-0.4, -0.2) is 61.2 Å². The number of ketones is 2. The van der Waals surface area contributed by atoms with Crippen molar-refractivity contribution in [3.05, 3.63) is 37.6 Å². The maximum absolute atomic E-state index is 13.2. The van der Waals surface area contributed by atoms with Gasteiger partial charge >= 0.3 is 5.69 Å². The molecule has 1 unspecified atom stereocenters. The molecule has 1 aliphatic heterocycles. The number of carbonyl (C=O) groups excluding carboxylic acids is 2. The highest BCUT2D eigenvalue weighted by atomic mass is 79.9. The molecule has 1 fully saturated rings. The highest BCUT2D eigenvalue weighted by Gasteiger charge is 2.59. The molecule has 6 atom stereocenters. The number of H-pyrrole nitrogens is 1. The Labute approximate surface area is 198 Å². The van der Waals surface area contributed by atoms with Crippen molar-refractivity contribution < 1.29 is 24.5 Å². The fourth-order valence-electron chi connectivity index (χ4n) is 3.62. The maximum atomic E-state index is 13.2. The molecule has 33 heavy (non-hydrogen) atoms. The van der Waals surface area contributed by atoms with E-state index in [4.69, 9.17) is 16.2 Å². The van der Waals surface area contributed by atoms with E-state index in [0.29, 0.717) is 0 Å². The van der Waals surface area contributed by atoms with Gasteiger partial charge in [0.05, 0.1) is 17.6 Å². The third kappa shape index (κ3) is 5.42. The predicted octanol–water partition coefficient (Wildman–Crippen LogP) is -0.613. The zero-order chi connectivity index (χ0) is 25.2. The van der Waals surface area contributed by atoms with E-state index in [-0.39, 0.29) is 17.4 Å². The van der Waals surface area contributed by atoms with E-state index in [1.54, 1.807) is 27.7 Å². The number of Topliss-reactive ketones (excluding diaryl/α,β-unsaturated/α-hetero) is 2. The molecule has 7 N–H and O–H groups in total. The second-order valence-electron chi connectivity index (χ2n) is 8.93. The average molecular weight is 531 g/mol. The van der Waals surface area contributed by atoms with Gasteiger partial charge in [0.15, 0.2) is 17.2 Å². The minimum Gasteiger partial charge on any atom is -0.382 e. The van der Waals surface area contributed by atoms with Gasteiger partial charge in [-0.2, -0.15) is 0 Å². The minimum absolute atomic E-state index is 0.0886. The van der Waals surface area contributed by atoms with Gasteiger partial charge in [0.2, 0.25) is 0 Å². The summed E-state index contributed by atoms with van der Waals surface area (Å²) in [6.45, 7) is 6.71. The first-order chi connectivity index (χ1) is 15.3. The summed E-state index contributed by atoms with van der Waals surface area (Å²) in [5, 5.41) is 22.2. The smallest absolute Gasteiger partial charge is 0.330 e. The fourth-order valence-corrected chi connectivity index (χ4v) is 3.91. The SMILES string of the molecule is CC(C)[C@H](N)C(=O)C(O)[C@H]1O[C@@H](n2cc(/C=C/Br)c(=O)[nH]c2=O)C[C@@]1(O)C(=O)[C@@H](N)C(C)C. The van der Waals surface area contributed by atoms with Crippen LogP contribution in [0, 0.1) is 11.8 Å². The van der Waals surface area contributed by atoms with Gasteiger partial charge in [-0.15, -0.1) is 0 Å². The Kier molecular flexibility index (Phi) is 8.71. The predicted molar refractivity (Wildman–Crippen MR) is 124 cm³/mol. The van der Waals surface area contributed by atoms with Crippen LogP contribution in [0.25, 0.3) is 6.08 Å². The maximum Gasteiger partial charge on any atom is 0.330 e. The van der Waals surface area contributed by atoms with Crippen molar-refractivity contribution in [2.24, 2.45) is 23.3 Å². The summed E-state index contributed by atoms with van der Waals surface area (Å²) in [5.74, 6) is -2.35. The van der Waals surface area contributed by atoms with Crippen LogP contribution in [0.5, 0.6) is 0 Å². The number of ether oxygens (including phenoxy) is 1. The molecule has 1 aromatic heterocycles. The van der Waals surface area contributed by atoms with E-state index in [1.165, 1.54) is 17.3 Å². The lowest BCUT2D eigenvalue weighted by Gasteiger charge is -2.33. The Morgan fingerprint density at radius 3 is 2.33 bits per heavy atom. The number of halogens is 1. The molecule has 0 radical (unpaired) electrons. The van der Waals surface area contributed by atoms with Crippen LogP contribution in [0.1, 0.15) is 45.9 Å². The van der Waals surface area contributed by atoms with Crippen molar-refractivity contribution in [2.45, 2.75) is 70.2 Å². The highest BCUT2D eigenvalue weighted by molar-refractivity contribution is 9.11. The van der Waals surface area contributed by atoms with E-state index in [2.05, 4.69) is 20.9 Å². The van der Waals surface area contributed by atoms with Crippen LogP contribution < -0.4 is 22.7 Å². The average Bonchev–Trinajstić information content (AvgIpc) is 3.11. The van der Waals surface area contributed by atoms with Crippen LogP contribution in [0.15, 0.2) is 20.8 Å². The van der Waals surface area contributed by atoms with Crippen LogP contribution >= 0.6 is 15.9 Å². The first kappa shape index (κ1) is 27.3. The Morgan fingerprint density at radius 2 is 1.82 bits per heavy atom. The summed E-state index contributed by atoms with van der Waals surface area (Å²) in [6, 6.07) is -2.20. The lowest BCUT2D eigenvalue weighted by molar-refractivity contribution is -0.163. The number of rotatable bonds is 9. The molecular formula is C21H31BrN4O7. The standard InChI is InChI=1S/C21H31BrN4O7/c1-9(2)13(23)15(27)16(28)18-21(32,17(29)14(24)10(3)4)7-12(33-18)26-8-11(5-6-22)19(30)25-20(26)31/h5-6,8-10,12-14,16,18,28,32H,7,23-24H2,1-4H3,(H,25,30,31)/b6-5+/t12-,13+,14+,16?,18-,21-/m1/s1. The normalized spacial score (nSPS) is 26.2. The molecule has 0 bridgehead atoms. The Morgan fingerprint density at radius 1 is 1.24 bits per heavy atom. The number of hydrogen-bond acceptors (Lipinski definition) is 9. The van der Waals surface area contributed by atoms with E-state index < -0.39 is 65.4 Å². The van der Waals surface area contributed by atoms with Crippen LogP contribution in [0.3, 0.4) is 0 Å². The number of nitrogens with one attached hydrogen (secondary N) is 1. The van der Waals surface area contributed by atoms with Crippen LogP contribution in [0.2, 0.25) is 0 Å². The largest absolute Gasteiger partial charge is 0.382 e. The van der Waals surface area contributed by atoms with Gasteiger partial charge in [-0.05, 0) is 22.9 Å². The third-order valence-electron chi connectivity index (χ3n) is 5.88. The summed E-state index contributed by atoms with van der Waals surface area (Å²) in [7, 11) is 0. The molecule has 1 saturated heterocycles. The van der Waals surface area contributed by atoms with Crippen molar-refractivity contribution in [1.82, 2.24) is 9.55 Å². The minimum atomic E-state index is -2.39. The van der Waals surface area contributed by atoms with Crippen molar-refractivity contribution >= 4 is 33.6 Å². The number of aliphatic hydroxyl groups is 2. The lowest BCUT2D eigenvalue weighted by atomic mass is 9.79. The molecular weight excluding hydrogens is 500 g/mol. The van der Waals surface area contributed by atoms with Crippen molar-refractivity contribution in [3.8, 4) is 0 Å². The van der Waals surface area contributed by atoms with Crippen molar-refractivity contribution in [3.63, 3.8) is 0 Å². The number of nitrogens with zero attached hydrogens (tertiary/aromatic N) is 1. The molecule has 2 rings (SSSR count). The molecule has 2 heterocycles. The van der Waals surface area contributed by atoms with Gasteiger partial charge in [0, 0.05) is 12.6 Å². The first-order valence-electron chi connectivity index (χ1n) is 10.5. The van der Waals surface area contributed by atoms with E-state index in [1.807, 2.05) is 0 Å².